The molecule has 19 heavy (non-hydrogen) atoms. The molecule has 0 saturated heterocycles. The SMILES string of the molecule is COC(C)(C)OCOC(C)(C)OCOC(C)(C)OC. The Balaban J connectivity index is 3.93. The van der Waals surface area contributed by atoms with Crippen LogP contribution < -0.4 is 0 Å². The van der Waals surface area contributed by atoms with E-state index >= 15 is 0 Å². The average molecular weight is 280 g/mol. The van der Waals surface area contributed by atoms with Crippen LogP contribution in [0.5, 0.6) is 0 Å². The van der Waals surface area contributed by atoms with Gasteiger partial charge in [0.05, 0.1) is 0 Å². The molecule has 0 amide bonds. The predicted octanol–water partition coefficient (Wildman–Crippen LogP) is 2.47. The first-order chi connectivity index (χ1) is 8.54. The van der Waals surface area contributed by atoms with Crippen molar-refractivity contribution in [3.05, 3.63) is 0 Å². The maximum atomic E-state index is 5.47. The molecule has 0 heterocycles. The normalized spacial score (nSPS) is 13.9. The standard InChI is InChI=1S/C13H28O6/c1-11(2,14-7)16-9-18-13(5,6)19-10-17-12(3,4)15-8/h9-10H2,1-8H3. The van der Waals surface area contributed by atoms with Crippen molar-refractivity contribution in [1.82, 2.24) is 0 Å². The van der Waals surface area contributed by atoms with Crippen molar-refractivity contribution in [3.8, 4) is 0 Å². The molecule has 0 aliphatic rings. The minimum Gasteiger partial charge on any atom is -0.354 e. The smallest absolute Gasteiger partial charge is 0.168 e. The summed E-state index contributed by atoms with van der Waals surface area (Å²) < 4.78 is 31.9. The fraction of sp³-hybridized carbons (Fsp3) is 1.00. The monoisotopic (exact) mass is 280 g/mol. The Kier molecular flexibility index (Phi) is 7.42. The van der Waals surface area contributed by atoms with Gasteiger partial charge in [0, 0.05) is 14.2 Å². The van der Waals surface area contributed by atoms with Crippen LogP contribution in [0, 0.1) is 0 Å². The van der Waals surface area contributed by atoms with Gasteiger partial charge in [-0.05, 0) is 41.5 Å². The minimum atomic E-state index is -0.826. The van der Waals surface area contributed by atoms with Gasteiger partial charge in [0.2, 0.25) is 0 Å². The Morgan fingerprint density at radius 2 is 0.789 bits per heavy atom. The van der Waals surface area contributed by atoms with Crippen molar-refractivity contribution in [1.29, 1.82) is 0 Å². The topological polar surface area (TPSA) is 55.4 Å². The number of hydrogen-bond acceptors (Lipinski definition) is 6. The lowest BCUT2D eigenvalue weighted by molar-refractivity contribution is -0.336. The zero-order valence-electron chi connectivity index (χ0n) is 13.4. The quantitative estimate of drug-likeness (QED) is 0.573. The Morgan fingerprint density at radius 1 is 0.526 bits per heavy atom. The molecular formula is C13H28O6. The van der Waals surface area contributed by atoms with Gasteiger partial charge in [0.15, 0.2) is 30.9 Å². The van der Waals surface area contributed by atoms with Crippen LogP contribution in [0.2, 0.25) is 0 Å². The van der Waals surface area contributed by atoms with Gasteiger partial charge in [-0.1, -0.05) is 0 Å². The van der Waals surface area contributed by atoms with E-state index in [0.717, 1.165) is 0 Å². The van der Waals surface area contributed by atoms with Crippen LogP contribution in [0.1, 0.15) is 41.5 Å². The fourth-order valence-electron chi connectivity index (χ4n) is 0.786. The molecular weight excluding hydrogens is 252 g/mol. The molecule has 6 nitrogen and oxygen atoms in total. The van der Waals surface area contributed by atoms with Crippen LogP contribution in [0.3, 0.4) is 0 Å². The largest absolute Gasteiger partial charge is 0.354 e. The van der Waals surface area contributed by atoms with Gasteiger partial charge in [-0.2, -0.15) is 0 Å². The Hall–Kier alpha value is -0.240. The summed E-state index contributed by atoms with van der Waals surface area (Å²) in [6.45, 7) is 10.9. The second-order valence-electron chi connectivity index (χ2n) is 5.42. The van der Waals surface area contributed by atoms with Crippen LogP contribution in [-0.2, 0) is 28.4 Å². The van der Waals surface area contributed by atoms with Crippen molar-refractivity contribution in [2.24, 2.45) is 0 Å². The van der Waals surface area contributed by atoms with Gasteiger partial charge in [-0.25, -0.2) is 0 Å². The molecule has 0 bridgehead atoms. The minimum absolute atomic E-state index is 0.0571. The molecule has 0 aromatic heterocycles. The molecule has 0 fully saturated rings. The van der Waals surface area contributed by atoms with Crippen molar-refractivity contribution < 1.29 is 28.4 Å². The first-order valence-electron chi connectivity index (χ1n) is 6.20. The molecule has 0 aliphatic carbocycles. The van der Waals surface area contributed by atoms with Crippen molar-refractivity contribution >= 4 is 0 Å². The lowest BCUT2D eigenvalue weighted by atomic mass is 10.4. The van der Waals surface area contributed by atoms with Crippen molar-refractivity contribution in [2.75, 3.05) is 27.8 Å². The molecule has 0 saturated carbocycles. The zero-order valence-corrected chi connectivity index (χ0v) is 13.4. The number of ether oxygens (including phenoxy) is 6. The van der Waals surface area contributed by atoms with Crippen LogP contribution in [0.25, 0.3) is 0 Å². The molecule has 0 N–H and O–H groups in total. The van der Waals surface area contributed by atoms with Crippen LogP contribution >= 0.6 is 0 Å². The van der Waals surface area contributed by atoms with Gasteiger partial charge in [-0.3, -0.25) is 0 Å². The Morgan fingerprint density at radius 3 is 1.05 bits per heavy atom. The molecule has 0 unspecified atom stereocenters. The second kappa shape index (κ2) is 7.52. The second-order valence-corrected chi connectivity index (χ2v) is 5.42. The summed E-state index contributed by atoms with van der Waals surface area (Å²) in [5.74, 6) is -2.21. The first-order valence-corrected chi connectivity index (χ1v) is 6.20. The van der Waals surface area contributed by atoms with E-state index in [1.807, 2.05) is 0 Å². The predicted molar refractivity (Wildman–Crippen MR) is 70.3 cm³/mol. The van der Waals surface area contributed by atoms with Gasteiger partial charge in [-0.15, -0.1) is 0 Å². The third-order valence-corrected chi connectivity index (χ3v) is 2.61. The third-order valence-electron chi connectivity index (χ3n) is 2.61. The first kappa shape index (κ1) is 18.8. The summed E-state index contributed by atoms with van der Waals surface area (Å²) in [7, 11) is 3.14. The van der Waals surface area contributed by atoms with E-state index in [1.165, 1.54) is 0 Å². The summed E-state index contributed by atoms with van der Waals surface area (Å²) in [4.78, 5) is 0. The molecule has 116 valence electrons. The average Bonchev–Trinajstić information content (AvgIpc) is 2.28. The van der Waals surface area contributed by atoms with E-state index < -0.39 is 17.4 Å². The van der Waals surface area contributed by atoms with E-state index in [1.54, 1.807) is 55.8 Å². The highest BCUT2D eigenvalue weighted by molar-refractivity contribution is 4.54. The van der Waals surface area contributed by atoms with Crippen LogP contribution in [0.15, 0.2) is 0 Å². The van der Waals surface area contributed by atoms with E-state index in [0.29, 0.717) is 0 Å². The summed E-state index contributed by atoms with van der Waals surface area (Å²) in [6.07, 6.45) is 0. The molecule has 0 aromatic rings. The molecule has 0 rings (SSSR count). The maximum Gasteiger partial charge on any atom is 0.168 e. The van der Waals surface area contributed by atoms with Gasteiger partial charge < -0.3 is 28.4 Å². The third kappa shape index (κ3) is 9.32. The lowest BCUT2D eigenvalue weighted by Crippen LogP contribution is -2.36. The Labute approximate surface area is 116 Å². The van der Waals surface area contributed by atoms with Crippen molar-refractivity contribution in [3.63, 3.8) is 0 Å². The highest BCUT2D eigenvalue weighted by Crippen LogP contribution is 2.16. The van der Waals surface area contributed by atoms with E-state index in [9.17, 15) is 0 Å². The van der Waals surface area contributed by atoms with E-state index in [4.69, 9.17) is 28.4 Å². The molecule has 0 aliphatic heterocycles. The summed E-state index contributed by atoms with van der Waals surface area (Å²) >= 11 is 0. The molecule has 6 heteroatoms. The van der Waals surface area contributed by atoms with Gasteiger partial charge >= 0.3 is 0 Å². The van der Waals surface area contributed by atoms with Crippen molar-refractivity contribution in [2.45, 2.75) is 58.9 Å². The molecule has 0 radical (unpaired) electrons. The summed E-state index contributed by atoms with van der Waals surface area (Å²) in [6, 6.07) is 0. The fourth-order valence-corrected chi connectivity index (χ4v) is 0.786. The summed E-state index contributed by atoms with van der Waals surface area (Å²) in [5, 5.41) is 0. The number of methoxy groups -OCH3 is 2. The highest BCUT2D eigenvalue weighted by Gasteiger charge is 2.24. The van der Waals surface area contributed by atoms with Crippen LogP contribution in [-0.4, -0.2) is 45.2 Å². The van der Waals surface area contributed by atoms with E-state index in [-0.39, 0.29) is 13.6 Å². The lowest BCUT2D eigenvalue weighted by Gasteiger charge is -2.30. The van der Waals surface area contributed by atoms with Gasteiger partial charge in [0.1, 0.15) is 0 Å². The number of rotatable bonds is 10. The molecule has 0 spiro atoms. The van der Waals surface area contributed by atoms with E-state index in [2.05, 4.69) is 0 Å². The molecule has 0 aromatic carbocycles. The Bertz CT molecular complexity index is 226. The zero-order chi connectivity index (χ0) is 15.2. The maximum absolute atomic E-state index is 5.47. The highest BCUT2D eigenvalue weighted by atomic mass is 16.8. The summed E-state index contributed by atoms with van der Waals surface area (Å²) in [5.41, 5.74) is 0. The number of hydrogen-bond donors (Lipinski definition) is 0. The van der Waals surface area contributed by atoms with Crippen LogP contribution in [0.4, 0.5) is 0 Å². The molecule has 0 atom stereocenters. The van der Waals surface area contributed by atoms with Gasteiger partial charge in [0.25, 0.3) is 0 Å².